The molecule has 0 aliphatic heterocycles. The molecule has 0 aliphatic carbocycles. The number of hydrogen-bond donors (Lipinski definition) is 0. The molecule has 0 unspecified atom stereocenters. The summed E-state index contributed by atoms with van der Waals surface area (Å²) in [7, 11) is 1.64. The maximum Gasteiger partial charge on any atom is 0.181 e. The lowest BCUT2D eigenvalue weighted by Crippen LogP contribution is -2.04. The summed E-state index contributed by atoms with van der Waals surface area (Å²) in [6.45, 7) is 2.62. The number of ether oxygens (including phenoxy) is 1. The second-order valence-corrected chi connectivity index (χ2v) is 4.36. The van der Waals surface area contributed by atoms with Crippen molar-refractivity contribution < 1.29 is 9.53 Å². The highest BCUT2D eigenvalue weighted by Gasteiger charge is 2.09. The van der Waals surface area contributed by atoms with Crippen molar-refractivity contribution in [3.63, 3.8) is 0 Å². The lowest BCUT2D eigenvalue weighted by molar-refractivity contribution is 0.0959. The summed E-state index contributed by atoms with van der Waals surface area (Å²) in [5.74, 6) is 0.0842. The Morgan fingerprint density at radius 1 is 1.33 bits per heavy atom. The van der Waals surface area contributed by atoms with Crippen LogP contribution in [0, 0.1) is 6.92 Å². The van der Waals surface area contributed by atoms with Gasteiger partial charge in [0, 0.05) is 25.5 Å². The molecule has 2 aromatic rings. The van der Waals surface area contributed by atoms with Crippen LogP contribution in [-0.4, -0.2) is 24.5 Å². The van der Waals surface area contributed by atoms with E-state index in [0.717, 1.165) is 22.9 Å². The SMILES string of the molecule is COCCCC(=O)c1cc(C)c2ccccc2n1. The number of hydrogen-bond acceptors (Lipinski definition) is 3. The second kappa shape index (κ2) is 5.74. The average molecular weight is 243 g/mol. The minimum absolute atomic E-state index is 0.0842. The smallest absolute Gasteiger partial charge is 0.181 e. The fourth-order valence-electron chi connectivity index (χ4n) is 2.00. The number of carbonyl (C=O) groups excluding carboxylic acids is 1. The van der Waals surface area contributed by atoms with Crippen molar-refractivity contribution in [2.45, 2.75) is 19.8 Å². The molecule has 1 aromatic carbocycles. The largest absolute Gasteiger partial charge is 0.385 e. The number of aryl methyl sites for hydroxylation is 1. The molecule has 0 amide bonds. The molecule has 0 bridgehead atoms. The maximum atomic E-state index is 12.0. The number of nitrogens with zero attached hydrogens (tertiary/aromatic N) is 1. The molecule has 18 heavy (non-hydrogen) atoms. The van der Waals surface area contributed by atoms with Gasteiger partial charge in [-0.15, -0.1) is 0 Å². The van der Waals surface area contributed by atoms with Crippen LogP contribution in [-0.2, 0) is 4.74 Å². The summed E-state index contributed by atoms with van der Waals surface area (Å²) >= 11 is 0. The van der Waals surface area contributed by atoms with E-state index >= 15 is 0 Å². The Hall–Kier alpha value is -1.74. The molecule has 0 fully saturated rings. The van der Waals surface area contributed by atoms with Gasteiger partial charge in [-0.2, -0.15) is 0 Å². The first kappa shape index (κ1) is 12.7. The van der Waals surface area contributed by atoms with Gasteiger partial charge in [-0.3, -0.25) is 4.79 Å². The van der Waals surface area contributed by atoms with Crippen LogP contribution in [0.15, 0.2) is 30.3 Å². The highest BCUT2D eigenvalue weighted by atomic mass is 16.5. The fraction of sp³-hybridized carbons (Fsp3) is 0.333. The second-order valence-electron chi connectivity index (χ2n) is 4.36. The van der Waals surface area contributed by atoms with E-state index < -0.39 is 0 Å². The van der Waals surface area contributed by atoms with Crippen molar-refractivity contribution in [3.05, 3.63) is 41.6 Å². The lowest BCUT2D eigenvalue weighted by atomic mass is 10.1. The monoisotopic (exact) mass is 243 g/mol. The van der Waals surface area contributed by atoms with Crippen LogP contribution in [0.1, 0.15) is 28.9 Å². The van der Waals surface area contributed by atoms with E-state index in [2.05, 4.69) is 4.98 Å². The third-order valence-electron chi connectivity index (χ3n) is 2.96. The van der Waals surface area contributed by atoms with Gasteiger partial charge < -0.3 is 4.74 Å². The van der Waals surface area contributed by atoms with Gasteiger partial charge in [-0.1, -0.05) is 18.2 Å². The van der Waals surface area contributed by atoms with Crippen LogP contribution in [0.4, 0.5) is 0 Å². The highest BCUT2D eigenvalue weighted by Crippen LogP contribution is 2.18. The first-order chi connectivity index (χ1) is 8.72. The van der Waals surface area contributed by atoms with Gasteiger partial charge >= 0.3 is 0 Å². The zero-order valence-electron chi connectivity index (χ0n) is 10.8. The number of fused-ring (bicyclic) bond motifs is 1. The van der Waals surface area contributed by atoms with Crippen molar-refractivity contribution >= 4 is 16.7 Å². The highest BCUT2D eigenvalue weighted by molar-refractivity contribution is 5.97. The molecule has 3 nitrogen and oxygen atoms in total. The fourth-order valence-corrected chi connectivity index (χ4v) is 2.00. The van der Waals surface area contributed by atoms with E-state index in [4.69, 9.17) is 4.74 Å². The molecule has 2 rings (SSSR count). The van der Waals surface area contributed by atoms with Crippen LogP contribution in [0.2, 0.25) is 0 Å². The number of rotatable bonds is 5. The number of methoxy groups -OCH3 is 1. The van der Waals surface area contributed by atoms with Crippen LogP contribution in [0.3, 0.4) is 0 Å². The zero-order valence-corrected chi connectivity index (χ0v) is 10.8. The number of carbonyl (C=O) groups is 1. The van der Waals surface area contributed by atoms with Gasteiger partial charge in [-0.25, -0.2) is 4.98 Å². The van der Waals surface area contributed by atoms with Gasteiger partial charge in [0.25, 0.3) is 0 Å². The minimum atomic E-state index is 0.0842. The molecule has 0 N–H and O–H groups in total. The number of aromatic nitrogens is 1. The minimum Gasteiger partial charge on any atom is -0.385 e. The predicted octanol–water partition coefficient (Wildman–Crippen LogP) is 3.15. The molecule has 0 saturated heterocycles. The van der Waals surface area contributed by atoms with Crippen molar-refractivity contribution in [1.29, 1.82) is 0 Å². The normalized spacial score (nSPS) is 10.8. The quantitative estimate of drug-likeness (QED) is 0.598. The van der Waals surface area contributed by atoms with Crippen LogP contribution in [0.25, 0.3) is 10.9 Å². The van der Waals surface area contributed by atoms with Gasteiger partial charge in [0.2, 0.25) is 0 Å². The van der Waals surface area contributed by atoms with Crippen molar-refractivity contribution in [2.24, 2.45) is 0 Å². The van der Waals surface area contributed by atoms with Gasteiger partial charge in [0.1, 0.15) is 5.69 Å². The first-order valence-electron chi connectivity index (χ1n) is 6.11. The third kappa shape index (κ3) is 2.74. The molecule has 0 saturated carbocycles. The number of Topliss-reactive ketones (excluding diaryl/α,β-unsaturated/α-hetero) is 1. The molecule has 3 heteroatoms. The zero-order chi connectivity index (χ0) is 13.0. The van der Waals surface area contributed by atoms with E-state index in [1.807, 2.05) is 37.3 Å². The molecule has 0 radical (unpaired) electrons. The van der Waals surface area contributed by atoms with Gasteiger partial charge in [-0.05, 0) is 31.0 Å². The summed E-state index contributed by atoms with van der Waals surface area (Å²) in [5.41, 5.74) is 2.53. The molecule has 0 spiro atoms. The number of para-hydroxylation sites is 1. The molecular weight excluding hydrogens is 226 g/mol. The Morgan fingerprint density at radius 2 is 2.11 bits per heavy atom. The van der Waals surface area contributed by atoms with E-state index in [0.29, 0.717) is 18.7 Å². The summed E-state index contributed by atoms with van der Waals surface area (Å²) in [4.78, 5) is 16.4. The Kier molecular flexibility index (Phi) is 4.05. The Labute approximate surface area is 107 Å². The third-order valence-corrected chi connectivity index (χ3v) is 2.96. The van der Waals surface area contributed by atoms with Crippen molar-refractivity contribution in [1.82, 2.24) is 4.98 Å². The molecule has 1 heterocycles. The van der Waals surface area contributed by atoms with E-state index in [-0.39, 0.29) is 5.78 Å². The average Bonchev–Trinajstić information content (AvgIpc) is 2.39. The van der Waals surface area contributed by atoms with Gasteiger partial charge in [0.05, 0.1) is 5.52 Å². The van der Waals surface area contributed by atoms with Crippen molar-refractivity contribution in [2.75, 3.05) is 13.7 Å². The summed E-state index contributed by atoms with van der Waals surface area (Å²) < 4.78 is 4.95. The molecule has 0 aliphatic rings. The van der Waals surface area contributed by atoms with Crippen LogP contribution in [0.5, 0.6) is 0 Å². The van der Waals surface area contributed by atoms with Gasteiger partial charge in [0.15, 0.2) is 5.78 Å². The molecule has 94 valence electrons. The summed E-state index contributed by atoms with van der Waals surface area (Å²) in [5, 5.41) is 1.10. The predicted molar refractivity (Wildman–Crippen MR) is 71.9 cm³/mol. The Balaban J connectivity index is 2.26. The van der Waals surface area contributed by atoms with Crippen molar-refractivity contribution in [3.8, 4) is 0 Å². The van der Waals surface area contributed by atoms with E-state index in [1.54, 1.807) is 7.11 Å². The first-order valence-corrected chi connectivity index (χ1v) is 6.11. The Morgan fingerprint density at radius 3 is 2.89 bits per heavy atom. The standard InChI is InChI=1S/C15H17NO2/c1-11-10-14(15(17)8-5-9-18-2)16-13-7-4-3-6-12(11)13/h3-4,6-7,10H,5,8-9H2,1-2H3. The summed E-state index contributed by atoms with van der Waals surface area (Å²) in [6.07, 6.45) is 1.22. The topological polar surface area (TPSA) is 39.2 Å². The van der Waals surface area contributed by atoms with E-state index in [1.165, 1.54) is 0 Å². The number of ketones is 1. The molecule has 0 atom stereocenters. The summed E-state index contributed by atoms with van der Waals surface area (Å²) in [6, 6.07) is 9.76. The molecule has 1 aromatic heterocycles. The lowest BCUT2D eigenvalue weighted by Gasteiger charge is -2.05. The van der Waals surface area contributed by atoms with Crippen LogP contribution < -0.4 is 0 Å². The van der Waals surface area contributed by atoms with E-state index in [9.17, 15) is 4.79 Å². The maximum absolute atomic E-state index is 12.0. The number of pyridine rings is 1. The Bertz CT molecular complexity index is 563. The van der Waals surface area contributed by atoms with Crippen LogP contribution >= 0.6 is 0 Å². The number of benzene rings is 1. The molecular formula is C15H17NO2.